The van der Waals surface area contributed by atoms with Gasteiger partial charge in [0.15, 0.2) is 5.82 Å². The molecule has 1 saturated heterocycles. The van der Waals surface area contributed by atoms with Crippen molar-refractivity contribution in [2.24, 2.45) is 0 Å². The number of piperazine rings is 1. The van der Waals surface area contributed by atoms with Crippen LogP contribution < -0.4 is 10.2 Å². The third-order valence-corrected chi connectivity index (χ3v) is 6.03. The van der Waals surface area contributed by atoms with Crippen molar-refractivity contribution in [3.63, 3.8) is 0 Å². The number of aryl methyl sites for hydroxylation is 1. The fourth-order valence-electron chi connectivity index (χ4n) is 4.23. The maximum absolute atomic E-state index is 12.6. The molecule has 1 aliphatic carbocycles. The highest BCUT2D eigenvalue weighted by molar-refractivity contribution is 5.81. The topological polar surface area (TPSA) is 74.2 Å². The molecule has 0 aromatic carbocycles. The minimum atomic E-state index is -0.0872. The maximum Gasteiger partial charge on any atom is 0.237 e. The molecule has 0 bridgehead atoms. The summed E-state index contributed by atoms with van der Waals surface area (Å²) in [7, 11) is 0. The van der Waals surface area contributed by atoms with E-state index in [2.05, 4.69) is 25.1 Å². The minimum absolute atomic E-state index is 0.0872. The minimum Gasteiger partial charge on any atom is -0.354 e. The van der Waals surface area contributed by atoms with E-state index in [1.54, 1.807) is 12.4 Å². The zero-order valence-corrected chi connectivity index (χ0v) is 17.3. The van der Waals surface area contributed by atoms with Gasteiger partial charge in [0.05, 0.1) is 6.04 Å². The molecule has 3 heterocycles. The Labute approximate surface area is 172 Å². The van der Waals surface area contributed by atoms with Gasteiger partial charge in [0, 0.05) is 61.9 Å². The first-order valence-corrected chi connectivity index (χ1v) is 10.7. The summed E-state index contributed by atoms with van der Waals surface area (Å²) in [5.41, 5.74) is 1.87. The van der Waals surface area contributed by atoms with Gasteiger partial charge in [-0.2, -0.15) is 0 Å². The summed E-state index contributed by atoms with van der Waals surface area (Å²) in [6.07, 6.45) is 8.26. The molecule has 2 aromatic rings. The monoisotopic (exact) mass is 394 g/mol. The molecule has 0 radical (unpaired) electrons. The van der Waals surface area contributed by atoms with Gasteiger partial charge in [-0.15, -0.1) is 0 Å². The Kier molecular flexibility index (Phi) is 6.04. The van der Waals surface area contributed by atoms with Gasteiger partial charge in [0.1, 0.15) is 5.82 Å². The van der Waals surface area contributed by atoms with Gasteiger partial charge in [-0.05, 0) is 38.8 Å². The van der Waals surface area contributed by atoms with Gasteiger partial charge < -0.3 is 10.2 Å². The number of anilines is 1. The number of rotatable bonds is 5. The van der Waals surface area contributed by atoms with Crippen molar-refractivity contribution < 1.29 is 4.79 Å². The van der Waals surface area contributed by atoms with Crippen molar-refractivity contribution in [2.45, 2.75) is 51.6 Å². The van der Waals surface area contributed by atoms with E-state index in [1.165, 1.54) is 12.8 Å². The number of hydrogen-bond acceptors (Lipinski definition) is 6. The molecule has 1 amide bonds. The second-order valence-corrected chi connectivity index (χ2v) is 8.12. The van der Waals surface area contributed by atoms with Crippen LogP contribution >= 0.6 is 0 Å². The van der Waals surface area contributed by atoms with Crippen LogP contribution in [0.25, 0.3) is 11.4 Å². The van der Waals surface area contributed by atoms with Crippen LogP contribution in [0.2, 0.25) is 0 Å². The van der Waals surface area contributed by atoms with Crippen LogP contribution in [0, 0.1) is 6.92 Å². The zero-order valence-electron chi connectivity index (χ0n) is 17.3. The maximum atomic E-state index is 12.6. The average molecular weight is 395 g/mol. The van der Waals surface area contributed by atoms with Gasteiger partial charge in [-0.1, -0.05) is 12.8 Å². The molecule has 1 aliphatic heterocycles. The van der Waals surface area contributed by atoms with Gasteiger partial charge in [-0.3, -0.25) is 14.7 Å². The Morgan fingerprint density at radius 3 is 2.62 bits per heavy atom. The Balaban J connectivity index is 1.38. The zero-order chi connectivity index (χ0) is 20.2. The summed E-state index contributed by atoms with van der Waals surface area (Å²) >= 11 is 0. The summed E-state index contributed by atoms with van der Waals surface area (Å²) in [4.78, 5) is 30.7. The second kappa shape index (κ2) is 8.86. The number of nitrogens with zero attached hydrogens (tertiary/aromatic N) is 5. The van der Waals surface area contributed by atoms with Crippen molar-refractivity contribution in [3.05, 3.63) is 36.3 Å². The van der Waals surface area contributed by atoms with Crippen molar-refractivity contribution in [3.8, 4) is 11.4 Å². The van der Waals surface area contributed by atoms with Gasteiger partial charge in [0.25, 0.3) is 0 Å². The lowest BCUT2D eigenvalue weighted by atomic mass is 10.2. The first-order valence-electron chi connectivity index (χ1n) is 10.7. The molecule has 7 nitrogen and oxygen atoms in total. The van der Waals surface area contributed by atoms with E-state index < -0.39 is 0 Å². The molecule has 0 spiro atoms. The molecule has 1 N–H and O–H groups in total. The van der Waals surface area contributed by atoms with E-state index >= 15 is 0 Å². The number of carbonyl (C=O) groups excluding carboxylic acids is 1. The lowest BCUT2D eigenvalue weighted by Gasteiger charge is -2.38. The first-order chi connectivity index (χ1) is 14.1. The Morgan fingerprint density at radius 1 is 1.17 bits per heavy atom. The number of amides is 1. The third-order valence-electron chi connectivity index (χ3n) is 6.03. The number of carbonyl (C=O) groups is 1. The largest absolute Gasteiger partial charge is 0.354 e. The van der Waals surface area contributed by atoms with E-state index in [-0.39, 0.29) is 11.9 Å². The van der Waals surface area contributed by atoms with E-state index in [9.17, 15) is 4.79 Å². The number of nitrogens with one attached hydrogen (secondary N) is 1. The van der Waals surface area contributed by atoms with Crippen LogP contribution in [0.3, 0.4) is 0 Å². The molecule has 1 saturated carbocycles. The van der Waals surface area contributed by atoms with E-state index in [1.807, 2.05) is 32.0 Å². The fourth-order valence-corrected chi connectivity index (χ4v) is 4.23. The van der Waals surface area contributed by atoms with Crippen molar-refractivity contribution in [1.82, 2.24) is 25.2 Å². The number of pyridine rings is 1. The molecular weight excluding hydrogens is 364 g/mol. The van der Waals surface area contributed by atoms with Gasteiger partial charge in [-0.25, -0.2) is 9.97 Å². The molecule has 29 heavy (non-hydrogen) atoms. The van der Waals surface area contributed by atoms with Crippen LogP contribution in [-0.4, -0.2) is 64.0 Å². The molecule has 154 valence electrons. The SMILES string of the molecule is Cc1cc(N2CCN(C(C)C(=O)NC3CCCC3)CC2)nc(-c2cccnc2)n1. The van der Waals surface area contributed by atoms with E-state index in [4.69, 9.17) is 4.98 Å². The molecule has 2 aliphatic rings. The van der Waals surface area contributed by atoms with Crippen LogP contribution in [0.4, 0.5) is 5.82 Å². The average Bonchev–Trinajstić information content (AvgIpc) is 3.26. The molecule has 4 rings (SSSR count). The normalized spacial score (nSPS) is 19.3. The fraction of sp³-hybridized carbons (Fsp3) is 0.545. The third kappa shape index (κ3) is 4.72. The molecule has 7 heteroatoms. The Bertz CT molecular complexity index is 828. The molecular formula is C22H30N6O. The number of hydrogen-bond donors (Lipinski definition) is 1. The predicted molar refractivity (Wildman–Crippen MR) is 114 cm³/mol. The van der Waals surface area contributed by atoms with Crippen LogP contribution in [0.15, 0.2) is 30.6 Å². The lowest BCUT2D eigenvalue weighted by Crippen LogP contribution is -2.55. The smallest absolute Gasteiger partial charge is 0.237 e. The second-order valence-electron chi connectivity index (χ2n) is 8.12. The highest BCUT2D eigenvalue weighted by Crippen LogP contribution is 2.21. The Hall–Kier alpha value is -2.54. The summed E-state index contributed by atoms with van der Waals surface area (Å²) in [5.74, 6) is 1.82. The van der Waals surface area contributed by atoms with Crippen molar-refractivity contribution in [1.29, 1.82) is 0 Å². The van der Waals surface area contributed by atoms with Crippen molar-refractivity contribution >= 4 is 11.7 Å². The molecule has 2 fully saturated rings. The number of aromatic nitrogens is 3. The first kappa shape index (κ1) is 19.8. The summed E-state index contributed by atoms with van der Waals surface area (Å²) in [6, 6.07) is 6.20. The lowest BCUT2D eigenvalue weighted by molar-refractivity contribution is -0.126. The van der Waals surface area contributed by atoms with Crippen LogP contribution in [-0.2, 0) is 4.79 Å². The molecule has 2 aromatic heterocycles. The van der Waals surface area contributed by atoms with Crippen LogP contribution in [0.5, 0.6) is 0 Å². The van der Waals surface area contributed by atoms with E-state index in [0.29, 0.717) is 11.9 Å². The van der Waals surface area contributed by atoms with Crippen LogP contribution in [0.1, 0.15) is 38.3 Å². The highest BCUT2D eigenvalue weighted by Gasteiger charge is 2.28. The molecule has 1 atom stereocenters. The Morgan fingerprint density at radius 2 is 1.93 bits per heavy atom. The quantitative estimate of drug-likeness (QED) is 0.840. The highest BCUT2D eigenvalue weighted by atomic mass is 16.2. The summed E-state index contributed by atoms with van der Waals surface area (Å²) in [5, 5.41) is 3.23. The standard InChI is InChI=1S/C22H30N6O/c1-16-14-20(26-21(24-16)18-6-5-9-23-15-18)28-12-10-27(11-13-28)17(2)22(29)25-19-7-3-4-8-19/h5-6,9,14-15,17,19H,3-4,7-8,10-13H2,1-2H3,(H,25,29). The summed E-state index contributed by atoms with van der Waals surface area (Å²) < 4.78 is 0. The van der Waals surface area contributed by atoms with Gasteiger partial charge >= 0.3 is 0 Å². The predicted octanol–water partition coefficient (Wildman–Crippen LogP) is 2.42. The molecule has 1 unspecified atom stereocenters. The van der Waals surface area contributed by atoms with Gasteiger partial charge in [0.2, 0.25) is 5.91 Å². The van der Waals surface area contributed by atoms with Crippen molar-refractivity contribution in [2.75, 3.05) is 31.1 Å². The van der Waals surface area contributed by atoms with E-state index in [0.717, 1.165) is 56.1 Å². The summed E-state index contributed by atoms with van der Waals surface area (Å²) in [6.45, 7) is 7.43.